The molecule has 2 aliphatic rings. The fraction of sp³-hybridized carbons (Fsp3) is 0.231. The molecule has 2 aromatic carbocycles. The molecule has 35 heavy (non-hydrogen) atoms. The van der Waals surface area contributed by atoms with Crippen LogP contribution in [-0.4, -0.2) is 29.7 Å². The molecule has 0 unspecified atom stereocenters. The van der Waals surface area contributed by atoms with Crippen molar-refractivity contribution in [3.63, 3.8) is 0 Å². The lowest BCUT2D eigenvalue weighted by Gasteiger charge is -2.24. The molecule has 1 amide bonds. The van der Waals surface area contributed by atoms with Crippen molar-refractivity contribution in [2.45, 2.75) is 26.8 Å². The molecule has 0 saturated heterocycles. The van der Waals surface area contributed by atoms with E-state index in [1.54, 1.807) is 38.1 Å². The topological polar surface area (TPSA) is 99.0 Å². The molecule has 0 radical (unpaired) electrons. The number of para-hydroxylation sites is 1. The largest absolute Gasteiger partial charge is 0.494 e. The quantitative estimate of drug-likeness (QED) is 0.556. The van der Waals surface area contributed by atoms with Gasteiger partial charge in [0.25, 0.3) is 11.5 Å². The van der Waals surface area contributed by atoms with Gasteiger partial charge in [0, 0.05) is 11.3 Å². The molecule has 0 bridgehead atoms. The average Bonchev–Trinajstić information content (AvgIpc) is 3.34. The third kappa shape index (κ3) is 3.77. The van der Waals surface area contributed by atoms with Crippen molar-refractivity contribution in [1.29, 1.82) is 0 Å². The Morgan fingerprint density at radius 3 is 2.54 bits per heavy atom. The molecule has 3 heterocycles. The summed E-state index contributed by atoms with van der Waals surface area (Å²) < 4.78 is 12.6. The lowest BCUT2D eigenvalue weighted by molar-refractivity contribution is -0.139. The maximum atomic E-state index is 13.9. The summed E-state index contributed by atoms with van der Waals surface area (Å²) in [5.41, 5.74) is 2.72. The second-order valence-corrected chi connectivity index (χ2v) is 8.98. The molecule has 5 rings (SSSR count). The molecule has 0 aliphatic carbocycles. The van der Waals surface area contributed by atoms with E-state index in [-0.39, 0.29) is 28.2 Å². The molecule has 0 spiro atoms. The predicted octanol–water partition coefficient (Wildman–Crippen LogP) is 2.52. The second kappa shape index (κ2) is 8.99. The minimum absolute atomic E-state index is 0.192. The number of esters is 1. The first-order valence-electron chi connectivity index (χ1n) is 11.3. The highest BCUT2D eigenvalue weighted by Gasteiger charge is 2.35. The SMILES string of the molecule is CCOC(=O)C1=C(C)N=c2s/c(=C3/C(=O)Nc4ccccc43)c(=O)n2[C@H]1c1ccc(OCC)cc1. The number of allylic oxidation sites excluding steroid dienone is 1. The maximum Gasteiger partial charge on any atom is 0.338 e. The fourth-order valence-corrected chi connectivity index (χ4v) is 5.56. The summed E-state index contributed by atoms with van der Waals surface area (Å²) in [6.07, 6.45) is 0. The molecule has 0 fully saturated rings. The van der Waals surface area contributed by atoms with E-state index >= 15 is 0 Å². The summed E-state index contributed by atoms with van der Waals surface area (Å²) in [6, 6.07) is 13.7. The van der Waals surface area contributed by atoms with Crippen LogP contribution in [0.5, 0.6) is 5.75 Å². The number of benzene rings is 2. The van der Waals surface area contributed by atoms with E-state index < -0.39 is 12.0 Å². The number of nitrogens with one attached hydrogen (secondary N) is 1. The lowest BCUT2D eigenvalue weighted by Crippen LogP contribution is -2.40. The van der Waals surface area contributed by atoms with E-state index in [4.69, 9.17) is 9.47 Å². The van der Waals surface area contributed by atoms with Gasteiger partial charge in [0.15, 0.2) is 4.80 Å². The molecule has 2 aliphatic heterocycles. The Kier molecular flexibility index (Phi) is 5.86. The van der Waals surface area contributed by atoms with Crippen molar-refractivity contribution in [3.8, 4) is 5.75 Å². The van der Waals surface area contributed by atoms with Gasteiger partial charge < -0.3 is 14.8 Å². The molecule has 0 saturated carbocycles. The van der Waals surface area contributed by atoms with Gasteiger partial charge in [0.05, 0.1) is 36.1 Å². The molecular formula is C26H23N3O5S. The van der Waals surface area contributed by atoms with Crippen LogP contribution in [-0.2, 0) is 14.3 Å². The zero-order valence-corrected chi connectivity index (χ0v) is 20.3. The van der Waals surface area contributed by atoms with Crippen LogP contribution in [0.4, 0.5) is 5.69 Å². The fourth-order valence-electron chi connectivity index (χ4n) is 4.41. The van der Waals surface area contributed by atoms with Crippen LogP contribution in [0.2, 0.25) is 0 Å². The zero-order valence-electron chi connectivity index (χ0n) is 19.5. The number of thiazole rings is 1. The number of amides is 1. The number of carbonyl (C=O) groups excluding carboxylic acids is 2. The summed E-state index contributed by atoms with van der Waals surface area (Å²) in [5.74, 6) is -0.187. The van der Waals surface area contributed by atoms with Gasteiger partial charge >= 0.3 is 5.97 Å². The Hall–Kier alpha value is -3.98. The molecule has 1 N–H and O–H groups in total. The highest BCUT2D eigenvalue weighted by Crippen LogP contribution is 2.33. The van der Waals surface area contributed by atoms with Gasteiger partial charge in [-0.1, -0.05) is 41.7 Å². The number of anilines is 1. The Morgan fingerprint density at radius 2 is 1.83 bits per heavy atom. The van der Waals surface area contributed by atoms with E-state index in [0.717, 1.165) is 11.3 Å². The third-order valence-corrected chi connectivity index (χ3v) is 6.95. The van der Waals surface area contributed by atoms with Crippen LogP contribution in [0.15, 0.2) is 69.6 Å². The van der Waals surface area contributed by atoms with Crippen LogP contribution < -0.4 is 24.9 Å². The maximum absolute atomic E-state index is 13.9. The first-order chi connectivity index (χ1) is 16.9. The van der Waals surface area contributed by atoms with Crippen molar-refractivity contribution >= 4 is 34.5 Å². The van der Waals surface area contributed by atoms with Gasteiger partial charge in [-0.3, -0.25) is 14.2 Å². The third-order valence-electron chi connectivity index (χ3n) is 5.90. The van der Waals surface area contributed by atoms with Crippen LogP contribution in [0.25, 0.3) is 5.57 Å². The predicted molar refractivity (Wildman–Crippen MR) is 132 cm³/mol. The summed E-state index contributed by atoms with van der Waals surface area (Å²) in [7, 11) is 0. The average molecular weight is 490 g/mol. The monoisotopic (exact) mass is 489 g/mol. The summed E-state index contributed by atoms with van der Waals surface area (Å²) in [5, 5.41) is 2.82. The molecule has 9 heteroatoms. The first-order valence-corrected chi connectivity index (χ1v) is 12.1. The minimum atomic E-state index is -0.755. The van der Waals surface area contributed by atoms with E-state index in [9.17, 15) is 14.4 Å². The highest BCUT2D eigenvalue weighted by atomic mass is 32.1. The smallest absolute Gasteiger partial charge is 0.338 e. The minimum Gasteiger partial charge on any atom is -0.494 e. The van der Waals surface area contributed by atoms with Gasteiger partial charge in [-0.15, -0.1) is 0 Å². The Morgan fingerprint density at radius 1 is 1.09 bits per heavy atom. The van der Waals surface area contributed by atoms with E-state index in [2.05, 4.69) is 10.3 Å². The number of fused-ring (bicyclic) bond motifs is 2. The van der Waals surface area contributed by atoms with Crippen LogP contribution >= 0.6 is 11.3 Å². The molecule has 8 nitrogen and oxygen atoms in total. The standard InChI is InChI=1S/C26H23N3O5S/c1-4-33-16-12-10-15(11-13-16)21-19(25(32)34-5-2)14(3)27-26-29(21)24(31)22(35-26)20-17-8-6-7-9-18(17)28-23(20)30/h6-13,21H,4-5H2,1-3H3,(H,28,30)/b22-20+/t21-/m0/s1. The van der Waals surface area contributed by atoms with Crippen molar-refractivity contribution in [1.82, 2.24) is 4.57 Å². The van der Waals surface area contributed by atoms with Gasteiger partial charge in [-0.25, -0.2) is 9.79 Å². The molecule has 3 aromatic rings. The van der Waals surface area contributed by atoms with Gasteiger partial charge in [-0.05, 0) is 44.5 Å². The van der Waals surface area contributed by atoms with Crippen molar-refractivity contribution in [3.05, 3.63) is 90.6 Å². The van der Waals surface area contributed by atoms with Crippen molar-refractivity contribution < 1.29 is 19.1 Å². The summed E-state index contributed by atoms with van der Waals surface area (Å²) in [6.45, 7) is 6.07. The molecular weight excluding hydrogens is 466 g/mol. The van der Waals surface area contributed by atoms with Crippen LogP contribution in [0, 0.1) is 0 Å². The number of ether oxygens (including phenoxy) is 2. The number of carbonyl (C=O) groups is 2. The zero-order chi connectivity index (χ0) is 24.7. The summed E-state index contributed by atoms with van der Waals surface area (Å²) >= 11 is 1.14. The van der Waals surface area contributed by atoms with Crippen LogP contribution in [0.3, 0.4) is 0 Å². The highest BCUT2D eigenvalue weighted by molar-refractivity contribution is 7.07. The Labute approximate surface area is 204 Å². The number of hydrogen-bond acceptors (Lipinski definition) is 7. The van der Waals surface area contributed by atoms with E-state index in [1.165, 1.54) is 4.57 Å². The van der Waals surface area contributed by atoms with Gasteiger partial charge in [0.2, 0.25) is 0 Å². The number of rotatable bonds is 5. The second-order valence-electron chi connectivity index (χ2n) is 8.00. The molecule has 178 valence electrons. The number of hydrogen-bond donors (Lipinski definition) is 1. The van der Waals surface area contributed by atoms with E-state index in [0.29, 0.717) is 45.2 Å². The van der Waals surface area contributed by atoms with Crippen molar-refractivity contribution in [2.24, 2.45) is 4.99 Å². The molecule has 1 aromatic heterocycles. The van der Waals surface area contributed by atoms with Gasteiger partial charge in [0.1, 0.15) is 10.3 Å². The Bertz CT molecular complexity index is 1560. The number of nitrogens with zero attached hydrogens (tertiary/aromatic N) is 2. The van der Waals surface area contributed by atoms with E-state index in [1.807, 2.05) is 31.2 Å². The normalized spacial score (nSPS) is 17.9. The number of aromatic nitrogens is 1. The van der Waals surface area contributed by atoms with Gasteiger partial charge in [-0.2, -0.15) is 0 Å². The molecule has 1 atom stereocenters. The summed E-state index contributed by atoms with van der Waals surface area (Å²) in [4.78, 5) is 44.7. The lowest BCUT2D eigenvalue weighted by atomic mass is 9.96. The van der Waals surface area contributed by atoms with Crippen LogP contribution in [0.1, 0.15) is 37.9 Å². The van der Waals surface area contributed by atoms with Crippen molar-refractivity contribution in [2.75, 3.05) is 18.5 Å². The first kappa shape index (κ1) is 22.8. The Balaban J connectivity index is 1.77.